The molecule has 1 unspecified atom stereocenters. The molecule has 4 nitrogen and oxygen atoms in total. The van der Waals surface area contributed by atoms with E-state index in [4.69, 9.17) is 5.11 Å². The third-order valence-electron chi connectivity index (χ3n) is 3.30. The molecule has 20 heavy (non-hydrogen) atoms. The van der Waals surface area contributed by atoms with Crippen molar-refractivity contribution in [3.05, 3.63) is 29.8 Å². The summed E-state index contributed by atoms with van der Waals surface area (Å²) < 4.78 is 27.0. The summed E-state index contributed by atoms with van der Waals surface area (Å²) >= 11 is 0. The number of benzene rings is 1. The smallest absolute Gasteiger partial charge is 0.240 e. The number of nitrogens with one attached hydrogen (secondary N) is 1. The highest BCUT2D eigenvalue weighted by Crippen LogP contribution is 2.32. The molecular formula is C15H19NO3S. The van der Waals surface area contributed by atoms with E-state index in [2.05, 4.69) is 16.6 Å². The van der Waals surface area contributed by atoms with Crippen LogP contribution in [0.4, 0.5) is 0 Å². The predicted octanol–water partition coefficient (Wildman–Crippen LogP) is 1.50. The fourth-order valence-electron chi connectivity index (χ4n) is 1.94. The minimum atomic E-state index is -3.44. The van der Waals surface area contributed by atoms with E-state index < -0.39 is 10.0 Å². The number of sulfonamides is 1. The van der Waals surface area contributed by atoms with E-state index in [9.17, 15) is 8.42 Å². The molecule has 0 aromatic heterocycles. The molecule has 1 aromatic carbocycles. The Kier molecular flexibility index (Phi) is 4.81. The molecule has 0 amide bonds. The average Bonchev–Trinajstić information content (AvgIpc) is 3.23. The zero-order valence-electron chi connectivity index (χ0n) is 11.5. The van der Waals surface area contributed by atoms with Crippen LogP contribution in [0, 0.1) is 17.8 Å². The van der Waals surface area contributed by atoms with Gasteiger partial charge >= 0.3 is 0 Å². The van der Waals surface area contributed by atoms with Gasteiger partial charge in [0.05, 0.1) is 11.5 Å². The monoisotopic (exact) mass is 293 g/mol. The van der Waals surface area contributed by atoms with Crippen LogP contribution in [-0.2, 0) is 10.0 Å². The molecule has 5 heteroatoms. The van der Waals surface area contributed by atoms with E-state index in [1.165, 1.54) is 0 Å². The van der Waals surface area contributed by atoms with Gasteiger partial charge in [-0.3, -0.25) is 0 Å². The number of hydrogen-bond acceptors (Lipinski definition) is 3. The molecule has 1 aromatic rings. The zero-order chi connectivity index (χ0) is 14.6. The summed E-state index contributed by atoms with van der Waals surface area (Å²) in [5.74, 6) is 6.15. The Morgan fingerprint density at radius 3 is 2.55 bits per heavy atom. The molecular weight excluding hydrogens is 274 g/mol. The molecule has 108 valence electrons. The molecule has 0 radical (unpaired) electrons. The first kappa shape index (κ1) is 15.0. The second-order valence-corrected chi connectivity index (χ2v) is 6.76. The van der Waals surface area contributed by atoms with Gasteiger partial charge in [-0.05, 0) is 49.9 Å². The normalized spacial score (nSPS) is 16.3. The molecule has 2 rings (SSSR count). The lowest BCUT2D eigenvalue weighted by molar-refractivity contribution is 0.305. The maximum Gasteiger partial charge on any atom is 0.240 e. The quantitative estimate of drug-likeness (QED) is 0.809. The fraction of sp³-hybridized carbons (Fsp3) is 0.467. The standard InChI is InChI=1S/C15H19NO3S/c1-12(14-7-8-14)16-20(18,19)15-9-5-13(6-10-15)4-2-3-11-17/h5-6,9-10,12,14,16-17H,3,7-8,11H2,1H3. The van der Waals surface area contributed by atoms with E-state index in [1.54, 1.807) is 24.3 Å². The van der Waals surface area contributed by atoms with E-state index in [0.29, 0.717) is 12.3 Å². The van der Waals surface area contributed by atoms with Crippen molar-refractivity contribution >= 4 is 10.0 Å². The lowest BCUT2D eigenvalue weighted by Gasteiger charge is -2.13. The Bertz CT molecular complexity index is 607. The molecule has 1 atom stereocenters. The molecule has 0 heterocycles. The van der Waals surface area contributed by atoms with Gasteiger partial charge in [-0.15, -0.1) is 0 Å². The summed E-state index contributed by atoms with van der Waals surface area (Å²) in [5.41, 5.74) is 0.743. The minimum absolute atomic E-state index is 0.0102. The third-order valence-corrected chi connectivity index (χ3v) is 4.88. The maximum absolute atomic E-state index is 12.2. The van der Waals surface area contributed by atoms with Crippen molar-refractivity contribution in [3.8, 4) is 11.8 Å². The number of rotatable bonds is 5. The number of aliphatic hydroxyl groups excluding tert-OH is 1. The lowest BCUT2D eigenvalue weighted by Crippen LogP contribution is -2.33. The zero-order valence-corrected chi connectivity index (χ0v) is 12.3. The molecule has 1 aliphatic carbocycles. The summed E-state index contributed by atoms with van der Waals surface area (Å²) in [4.78, 5) is 0.262. The SMILES string of the molecule is CC(NS(=O)(=O)c1ccc(C#CCCO)cc1)C1CC1. The minimum Gasteiger partial charge on any atom is -0.395 e. The second kappa shape index (κ2) is 6.40. The molecule has 1 fully saturated rings. The summed E-state index contributed by atoms with van der Waals surface area (Å²) in [6.07, 6.45) is 2.62. The van der Waals surface area contributed by atoms with Crippen molar-refractivity contribution < 1.29 is 13.5 Å². The van der Waals surface area contributed by atoms with Gasteiger partial charge in [-0.1, -0.05) is 11.8 Å². The van der Waals surface area contributed by atoms with Gasteiger partial charge in [0.1, 0.15) is 0 Å². The Balaban J connectivity index is 2.06. The predicted molar refractivity (Wildman–Crippen MR) is 77.5 cm³/mol. The van der Waals surface area contributed by atoms with Gasteiger partial charge in [0.2, 0.25) is 10.0 Å². The van der Waals surface area contributed by atoms with Crippen molar-refractivity contribution in [2.45, 2.75) is 37.1 Å². The highest BCUT2D eigenvalue weighted by atomic mass is 32.2. The van der Waals surface area contributed by atoms with E-state index >= 15 is 0 Å². The average molecular weight is 293 g/mol. The second-order valence-electron chi connectivity index (χ2n) is 5.05. The Labute approximate surface area is 120 Å². The van der Waals surface area contributed by atoms with Crippen LogP contribution in [0.1, 0.15) is 31.7 Å². The van der Waals surface area contributed by atoms with E-state index in [0.717, 1.165) is 18.4 Å². The topological polar surface area (TPSA) is 66.4 Å². The van der Waals surface area contributed by atoms with Gasteiger partial charge < -0.3 is 5.11 Å². The van der Waals surface area contributed by atoms with Crippen LogP contribution >= 0.6 is 0 Å². The Morgan fingerprint density at radius 1 is 1.35 bits per heavy atom. The van der Waals surface area contributed by atoms with E-state index in [1.807, 2.05) is 6.92 Å². The van der Waals surface area contributed by atoms with Crippen molar-refractivity contribution in [2.75, 3.05) is 6.61 Å². The van der Waals surface area contributed by atoms with Crippen molar-refractivity contribution in [1.29, 1.82) is 0 Å². The largest absolute Gasteiger partial charge is 0.395 e. The lowest BCUT2D eigenvalue weighted by atomic mass is 10.2. The van der Waals surface area contributed by atoms with E-state index in [-0.39, 0.29) is 17.5 Å². The molecule has 1 aliphatic rings. The van der Waals surface area contributed by atoms with Crippen LogP contribution < -0.4 is 4.72 Å². The first-order chi connectivity index (χ1) is 9.53. The molecule has 0 aliphatic heterocycles. The van der Waals surface area contributed by atoms with Crippen LogP contribution in [0.25, 0.3) is 0 Å². The summed E-state index contributed by atoms with van der Waals surface area (Å²) in [6, 6.07) is 6.47. The van der Waals surface area contributed by atoms with Crippen molar-refractivity contribution in [1.82, 2.24) is 4.72 Å². The number of hydrogen-bond donors (Lipinski definition) is 2. The summed E-state index contributed by atoms with van der Waals surface area (Å²) in [6.45, 7) is 1.94. The molecule has 0 spiro atoms. The van der Waals surface area contributed by atoms with Crippen molar-refractivity contribution in [2.24, 2.45) is 5.92 Å². The molecule has 1 saturated carbocycles. The summed E-state index contributed by atoms with van der Waals surface area (Å²) in [5, 5.41) is 8.64. The van der Waals surface area contributed by atoms with Crippen molar-refractivity contribution in [3.63, 3.8) is 0 Å². The highest BCUT2D eigenvalue weighted by molar-refractivity contribution is 7.89. The van der Waals surface area contributed by atoms with Crippen LogP contribution in [0.15, 0.2) is 29.2 Å². The summed E-state index contributed by atoms with van der Waals surface area (Å²) in [7, 11) is -3.44. The first-order valence-corrected chi connectivity index (χ1v) is 8.23. The van der Waals surface area contributed by atoms with Gasteiger partial charge in [-0.2, -0.15) is 0 Å². The van der Waals surface area contributed by atoms with Gasteiger partial charge in [0, 0.05) is 18.0 Å². The number of aliphatic hydroxyl groups is 1. The van der Waals surface area contributed by atoms with Crippen LogP contribution in [0.5, 0.6) is 0 Å². The van der Waals surface area contributed by atoms with Gasteiger partial charge in [0.25, 0.3) is 0 Å². The van der Waals surface area contributed by atoms with Crippen LogP contribution in [-0.4, -0.2) is 26.2 Å². The maximum atomic E-state index is 12.2. The molecule has 2 N–H and O–H groups in total. The highest BCUT2D eigenvalue weighted by Gasteiger charge is 2.31. The van der Waals surface area contributed by atoms with Crippen LogP contribution in [0.3, 0.4) is 0 Å². The Morgan fingerprint density at radius 2 is 2.00 bits per heavy atom. The fourth-order valence-corrected chi connectivity index (χ4v) is 3.26. The van der Waals surface area contributed by atoms with Gasteiger partial charge in [-0.25, -0.2) is 13.1 Å². The Hall–Kier alpha value is -1.35. The molecule has 0 saturated heterocycles. The third kappa shape index (κ3) is 4.07. The first-order valence-electron chi connectivity index (χ1n) is 6.75. The van der Waals surface area contributed by atoms with Gasteiger partial charge in [0.15, 0.2) is 0 Å². The molecule has 0 bridgehead atoms. The van der Waals surface area contributed by atoms with Crippen LogP contribution in [0.2, 0.25) is 0 Å².